The molecule has 34 heavy (non-hydrogen) atoms. The topological polar surface area (TPSA) is 86.7 Å². The maximum absolute atomic E-state index is 13.4. The first kappa shape index (κ1) is 23.4. The molecule has 4 rings (SSSR count). The molecule has 0 aromatic heterocycles. The van der Waals surface area contributed by atoms with Gasteiger partial charge in [0.2, 0.25) is 9.84 Å². The third kappa shape index (κ3) is 5.24. The van der Waals surface area contributed by atoms with Gasteiger partial charge in [-0.15, -0.1) is 0 Å². The molecule has 0 aliphatic carbocycles. The number of sulfone groups is 1. The Labute approximate surface area is 204 Å². The Kier molecular flexibility index (Phi) is 6.90. The fourth-order valence-electron chi connectivity index (χ4n) is 3.06. The summed E-state index contributed by atoms with van der Waals surface area (Å²) in [4.78, 5) is 24.8. The van der Waals surface area contributed by atoms with Crippen LogP contribution in [0, 0.1) is 0 Å². The quantitative estimate of drug-likeness (QED) is 0.231. The van der Waals surface area contributed by atoms with Crippen molar-refractivity contribution in [3.8, 4) is 11.5 Å². The fraction of sp³-hybridized carbons (Fsp3) is 0. The minimum Gasteiger partial charge on any atom is -0.423 e. The highest BCUT2D eigenvalue weighted by Crippen LogP contribution is 2.34. The van der Waals surface area contributed by atoms with E-state index in [1.807, 2.05) is 0 Å². The Morgan fingerprint density at radius 3 is 1.74 bits per heavy atom. The van der Waals surface area contributed by atoms with Crippen LogP contribution in [0.15, 0.2) is 117 Å². The average molecular weight is 537 g/mol. The molecule has 0 amide bonds. The summed E-state index contributed by atoms with van der Waals surface area (Å²) >= 11 is 3.28. The Hall–Kier alpha value is -3.75. The maximum Gasteiger partial charge on any atom is 0.343 e. The number of carbonyl (C=O) groups is 2. The van der Waals surface area contributed by atoms with Crippen molar-refractivity contribution >= 4 is 37.7 Å². The van der Waals surface area contributed by atoms with Gasteiger partial charge in [0, 0.05) is 10.5 Å². The van der Waals surface area contributed by atoms with Gasteiger partial charge in [-0.05, 0) is 60.7 Å². The zero-order valence-corrected chi connectivity index (χ0v) is 20.0. The SMILES string of the molecule is O=C(Oc1ccc(OC(=O)c2ccccc2)c(S(=O)(=O)c2ccc(Br)cc2)c1)c1ccccc1. The van der Waals surface area contributed by atoms with Gasteiger partial charge in [-0.1, -0.05) is 52.3 Å². The molecule has 0 fully saturated rings. The molecule has 0 heterocycles. The van der Waals surface area contributed by atoms with Gasteiger partial charge in [-0.2, -0.15) is 0 Å². The van der Waals surface area contributed by atoms with Crippen LogP contribution in [-0.2, 0) is 9.84 Å². The third-order valence-electron chi connectivity index (χ3n) is 4.76. The lowest BCUT2D eigenvalue weighted by Crippen LogP contribution is -2.13. The van der Waals surface area contributed by atoms with Crippen LogP contribution in [0.5, 0.6) is 11.5 Å². The standard InChI is InChI=1S/C26H17BrO6S/c27-20-11-14-22(15-12-20)34(30,31)24-17-21(32-25(28)18-7-3-1-4-8-18)13-16-23(24)33-26(29)19-9-5-2-6-10-19/h1-17H. The van der Waals surface area contributed by atoms with Gasteiger partial charge in [-0.25, -0.2) is 18.0 Å². The van der Waals surface area contributed by atoms with Crippen molar-refractivity contribution in [2.24, 2.45) is 0 Å². The molecule has 0 saturated heterocycles. The second kappa shape index (κ2) is 10.0. The van der Waals surface area contributed by atoms with Crippen molar-refractivity contribution in [1.82, 2.24) is 0 Å². The Balaban J connectivity index is 1.74. The van der Waals surface area contributed by atoms with Crippen LogP contribution in [0.1, 0.15) is 20.7 Å². The number of hydrogen-bond acceptors (Lipinski definition) is 6. The monoisotopic (exact) mass is 536 g/mol. The zero-order chi connectivity index (χ0) is 24.1. The number of hydrogen-bond donors (Lipinski definition) is 0. The summed E-state index contributed by atoms with van der Waals surface area (Å²) < 4.78 is 38.4. The number of esters is 2. The third-order valence-corrected chi connectivity index (χ3v) is 7.08. The van der Waals surface area contributed by atoms with Crippen LogP contribution in [-0.4, -0.2) is 20.4 Å². The smallest absolute Gasteiger partial charge is 0.343 e. The molecule has 170 valence electrons. The van der Waals surface area contributed by atoms with Crippen LogP contribution in [0.2, 0.25) is 0 Å². The molecule has 0 spiro atoms. The van der Waals surface area contributed by atoms with Crippen molar-refractivity contribution in [3.05, 3.63) is 119 Å². The van der Waals surface area contributed by atoms with E-state index in [4.69, 9.17) is 9.47 Å². The van der Waals surface area contributed by atoms with E-state index in [2.05, 4.69) is 15.9 Å². The van der Waals surface area contributed by atoms with E-state index in [0.29, 0.717) is 10.0 Å². The molecule has 0 aliphatic rings. The van der Waals surface area contributed by atoms with Gasteiger partial charge in [0.25, 0.3) is 0 Å². The minimum absolute atomic E-state index is 0.0101. The van der Waals surface area contributed by atoms with Crippen molar-refractivity contribution in [2.75, 3.05) is 0 Å². The zero-order valence-electron chi connectivity index (χ0n) is 17.6. The van der Waals surface area contributed by atoms with Crippen molar-refractivity contribution in [2.45, 2.75) is 9.79 Å². The van der Waals surface area contributed by atoms with E-state index in [9.17, 15) is 18.0 Å². The van der Waals surface area contributed by atoms with Gasteiger partial charge in [0.1, 0.15) is 10.6 Å². The Bertz CT molecular complexity index is 1430. The van der Waals surface area contributed by atoms with E-state index in [-0.39, 0.29) is 26.9 Å². The molecule has 4 aromatic rings. The first-order valence-corrected chi connectivity index (χ1v) is 12.3. The molecule has 4 aromatic carbocycles. The molecule has 6 nitrogen and oxygen atoms in total. The lowest BCUT2D eigenvalue weighted by Gasteiger charge is -2.13. The second-order valence-electron chi connectivity index (χ2n) is 7.08. The second-order valence-corrected chi connectivity index (χ2v) is 9.91. The van der Waals surface area contributed by atoms with Crippen molar-refractivity contribution in [3.63, 3.8) is 0 Å². The maximum atomic E-state index is 13.4. The number of carbonyl (C=O) groups excluding carboxylic acids is 2. The molecule has 0 N–H and O–H groups in total. The van der Waals surface area contributed by atoms with Crippen molar-refractivity contribution in [1.29, 1.82) is 0 Å². The Morgan fingerprint density at radius 2 is 1.18 bits per heavy atom. The fourth-order valence-corrected chi connectivity index (χ4v) is 4.72. The number of benzene rings is 4. The van der Waals surface area contributed by atoms with Crippen molar-refractivity contribution < 1.29 is 27.5 Å². The molecule has 0 unspecified atom stereocenters. The first-order chi connectivity index (χ1) is 16.3. The summed E-state index contributed by atoms with van der Waals surface area (Å²) in [5.41, 5.74) is 0.563. The highest BCUT2D eigenvalue weighted by Gasteiger charge is 2.26. The van der Waals surface area contributed by atoms with E-state index < -0.39 is 21.8 Å². The van der Waals surface area contributed by atoms with Gasteiger partial charge in [-0.3, -0.25) is 0 Å². The summed E-state index contributed by atoms with van der Waals surface area (Å²) in [5.74, 6) is -1.57. The Morgan fingerprint density at radius 1 is 0.647 bits per heavy atom. The van der Waals surface area contributed by atoms with E-state index in [0.717, 1.165) is 0 Å². The highest BCUT2D eigenvalue weighted by molar-refractivity contribution is 9.10. The van der Waals surface area contributed by atoms with Gasteiger partial charge in [0.05, 0.1) is 16.0 Å². The molecule has 0 saturated carbocycles. The highest BCUT2D eigenvalue weighted by atomic mass is 79.9. The van der Waals surface area contributed by atoms with Crippen LogP contribution in [0.3, 0.4) is 0 Å². The van der Waals surface area contributed by atoms with Crippen LogP contribution >= 0.6 is 15.9 Å². The number of ether oxygens (including phenoxy) is 2. The van der Waals surface area contributed by atoms with Gasteiger partial charge in [0.15, 0.2) is 5.75 Å². The minimum atomic E-state index is -4.13. The predicted molar refractivity (Wildman–Crippen MR) is 129 cm³/mol. The molecule has 8 heteroatoms. The summed E-state index contributed by atoms with van der Waals surface area (Å²) in [6.45, 7) is 0. The van der Waals surface area contributed by atoms with E-state index >= 15 is 0 Å². The van der Waals surface area contributed by atoms with Crippen LogP contribution < -0.4 is 9.47 Å². The van der Waals surface area contributed by atoms with Gasteiger partial charge >= 0.3 is 11.9 Å². The summed E-state index contributed by atoms with van der Waals surface area (Å²) in [6, 6.07) is 26.3. The molecule has 0 radical (unpaired) electrons. The van der Waals surface area contributed by atoms with E-state index in [1.165, 1.54) is 30.3 Å². The van der Waals surface area contributed by atoms with Gasteiger partial charge < -0.3 is 9.47 Å². The molecule has 0 atom stereocenters. The predicted octanol–water partition coefficient (Wildman–Crippen LogP) is 5.72. The number of halogens is 1. The van der Waals surface area contributed by atoms with Crippen LogP contribution in [0.4, 0.5) is 0 Å². The summed E-state index contributed by atoms with van der Waals surface area (Å²) in [6.07, 6.45) is 0. The number of rotatable bonds is 6. The molecular weight excluding hydrogens is 520 g/mol. The van der Waals surface area contributed by atoms with E-state index in [1.54, 1.807) is 72.8 Å². The normalized spacial score (nSPS) is 11.0. The first-order valence-electron chi connectivity index (χ1n) is 10.0. The summed E-state index contributed by atoms with van der Waals surface area (Å²) in [7, 11) is -4.13. The lowest BCUT2D eigenvalue weighted by molar-refractivity contribution is 0.0715. The molecular formula is C26H17BrO6S. The molecule has 0 bridgehead atoms. The molecule has 0 aliphatic heterocycles. The lowest BCUT2D eigenvalue weighted by atomic mass is 10.2. The summed E-state index contributed by atoms with van der Waals surface area (Å²) in [5, 5.41) is 0. The average Bonchev–Trinajstić information content (AvgIpc) is 2.86. The van der Waals surface area contributed by atoms with Crippen LogP contribution in [0.25, 0.3) is 0 Å². The largest absolute Gasteiger partial charge is 0.423 e.